The van der Waals surface area contributed by atoms with E-state index in [9.17, 15) is 0 Å². The number of thiophene rings is 1. The summed E-state index contributed by atoms with van der Waals surface area (Å²) in [4.78, 5) is 1.21. The fraction of sp³-hybridized carbons (Fsp3) is 0.583. The summed E-state index contributed by atoms with van der Waals surface area (Å²) in [6.45, 7) is 2.81. The highest BCUT2D eigenvalue weighted by Crippen LogP contribution is 2.35. The van der Waals surface area contributed by atoms with Gasteiger partial charge in [-0.3, -0.25) is 0 Å². The number of ether oxygens (including phenoxy) is 1. The summed E-state index contributed by atoms with van der Waals surface area (Å²) in [5.41, 5.74) is 2.06. The van der Waals surface area contributed by atoms with Crippen LogP contribution in [-0.2, 0) is 11.3 Å². The quantitative estimate of drug-likeness (QED) is 0.943. The SMILES string of the molecule is COCc1cc2onc(C3CCNCC3)c2s1.Cl. The Morgan fingerprint density at radius 1 is 1.50 bits per heavy atom. The lowest BCUT2D eigenvalue weighted by molar-refractivity contribution is 0.187. The predicted molar refractivity (Wildman–Crippen MR) is 74.7 cm³/mol. The third-order valence-electron chi connectivity index (χ3n) is 3.24. The van der Waals surface area contributed by atoms with Crippen molar-refractivity contribution in [2.75, 3.05) is 20.2 Å². The lowest BCUT2D eigenvalue weighted by atomic mass is 9.95. The van der Waals surface area contributed by atoms with Crippen LogP contribution in [0.4, 0.5) is 0 Å². The molecule has 0 radical (unpaired) electrons. The molecule has 2 aromatic heterocycles. The smallest absolute Gasteiger partial charge is 0.178 e. The summed E-state index contributed by atoms with van der Waals surface area (Å²) in [5.74, 6) is 0.548. The second kappa shape index (κ2) is 6.02. The van der Waals surface area contributed by atoms with Crippen LogP contribution in [0, 0.1) is 0 Å². The van der Waals surface area contributed by atoms with Crippen molar-refractivity contribution >= 4 is 34.0 Å². The molecule has 18 heavy (non-hydrogen) atoms. The lowest BCUT2D eigenvalue weighted by Gasteiger charge is -2.20. The molecule has 1 aliphatic rings. The number of fused-ring (bicyclic) bond motifs is 1. The minimum absolute atomic E-state index is 0. The zero-order valence-electron chi connectivity index (χ0n) is 10.3. The fourth-order valence-corrected chi connectivity index (χ4v) is 3.49. The molecule has 3 heterocycles. The van der Waals surface area contributed by atoms with Gasteiger partial charge in [0.1, 0.15) is 5.69 Å². The molecule has 0 spiro atoms. The van der Waals surface area contributed by atoms with Crippen LogP contribution < -0.4 is 5.32 Å². The molecule has 0 unspecified atom stereocenters. The number of rotatable bonds is 3. The monoisotopic (exact) mass is 288 g/mol. The third kappa shape index (κ3) is 2.54. The molecule has 0 saturated carbocycles. The van der Waals surface area contributed by atoms with Crippen LogP contribution in [0.2, 0.25) is 0 Å². The molecule has 0 bridgehead atoms. The van der Waals surface area contributed by atoms with Gasteiger partial charge in [0.2, 0.25) is 0 Å². The molecule has 100 valence electrons. The number of halogens is 1. The topological polar surface area (TPSA) is 47.3 Å². The molecule has 0 amide bonds. The molecule has 4 nitrogen and oxygen atoms in total. The maximum atomic E-state index is 5.41. The third-order valence-corrected chi connectivity index (χ3v) is 4.35. The van der Waals surface area contributed by atoms with Gasteiger partial charge < -0.3 is 14.6 Å². The molecule has 0 aliphatic carbocycles. The maximum Gasteiger partial charge on any atom is 0.178 e. The number of methoxy groups -OCH3 is 1. The van der Waals surface area contributed by atoms with Crippen LogP contribution in [0.25, 0.3) is 10.3 Å². The van der Waals surface area contributed by atoms with Crippen molar-refractivity contribution in [3.05, 3.63) is 16.6 Å². The molecule has 1 N–H and O–H groups in total. The van der Waals surface area contributed by atoms with Crippen LogP contribution in [0.3, 0.4) is 0 Å². The standard InChI is InChI=1S/C12H16N2O2S.ClH/c1-15-7-9-6-10-12(17-9)11(14-16-10)8-2-4-13-5-3-8;/h6,8,13H,2-5,7H2,1H3;1H. The van der Waals surface area contributed by atoms with Gasteiger partial charge in [-0.1, -0.05) is 5.16 Å². The van der Waals surface area contributed by atoms with Gasteiger partial charge in [-0.25, -0.2) is 0 Å². The van der Waals surface area contributed by atoms with Crippen LogP contribution in [-0.4, -0.2) is 25.4 Å². The van der Waals surface area contributed by atoms with Crippen molar-refractivity contribution in [3.8, 4) is 0 Å². The first-order chi connectivity index (χ1) is 8.38. The molecule has 3 rings (SSSR count). The van der Waals surface area contributed by atoms with Gasteiger partial charge in [-0.05, 0) is 25.9 Å². The summed E-state index contributed by atoms with van der Waals surface area (Å²) in [7, 11) is 1.72. The van der Waals surface area contributed by atoms with Crippen LogP contribution >= 0.6 is 23.7 Å². The zero-order chi connectivity index (χ0) is 11.7. The van der Waals surface area contributed by atoms with Gasteiger partial charge in [0.25, 0.3) is 0 Å². The van der Waals surface area contributed by atoms with Crippen LogP contribution in [0.1, 0.15) is 29.3 Å². The first kappa shape index (κ1) is 13.8. The Hall–Kier alpha value is -0.620. The summed E-state index contributed by atoms with van der Waals surface area (Å²) in [5, 5.41) is 7.62. The van der Waals surface area contributed by atoms with E-state index in [1.165, 1.54) is 9.58 Å². The Kier molecular flexibility index (Phi) is 4.61. The second-order valence-corrected chi connectivity index (χ2v) is 5.57. The van der Waals surface area contributed by atoms with E-state index in [0.717, 1.165) is 37.2 Å². The van der Waals surface area contributed by atoms with E-state index in [1.807, 2.05) is 6.07 Å². The first-order valence-corrected chi connectivity index (χ1v) is 6.78. The lowest BCUT2D eigenvalue weighted by Crippen LogP contribution is -2.26. The number of piperidine rings is 1. The van der Waals surface area contributed by atoms with E-state index in [0.29, 0.717) is 12.5 Å². The van der Waals surface area contributed by atoms with E-state index in [-0.39, 0.29) is 12.4 Å². The van der Waals surface area contributed by atoms with E-state index in [2.05, 4.69) is 10.5 Å². The highest BCUT2D eigenvalue weighted by Gasteiger charge is 2.23. The molecule has 1 aliphatic heterocycles. The predicted octanol–water partition coefficient (Wildman–Crippen LogP) is 2.92. The zero-order valence-corrected chi connectivity index (χ0v) is 11.9. The Bertz CT molecular complexity index is 505. The first-order valence-electron chi connectivity index (χ1n) is 5.96. The minimum atomic E-state index is 0. The average molecular weight is 289 g/mol. The van der Waals surface area contributed by atoms with Crippen LogP contribution in [0.15, 0.2) is 10.6 Å². The summed E-state index contributed by atoms with van der Waals surface area (Å²) >= 11 is 1.75. The Balaban J connectivity index is 0.00000120. The molecule has 0 atom stereocenters. The van der Waals surface area contributed by atoms with Gasteiger partial charge in [0.15, 0.2) is 5.58 Å². The second-order valence-electron chi connectivity index (χ2n) is 4.43. The van der Waals surface area contributed by atoms with Gasteiger partial charge in [0, 0.05) is 24.0 Å². The summed E-state index contributed by atoms with van der Waals surface area (Å²) in [6.07, 6.45) is 2.30. The van der Waals surface area contributed by atoms with Crippen molar-refractivity contribution < 1.29 is 9.26 Å². The van der Waals surface area contributed by atoms with E-state index >= 15 is 0 Å². The minimum Gasteiger partial charge on any atom is -0.379 e. The molecule has 6 heteroatoms. The summed E-state index contributed by atoms with van der Waals surface area (Å²) in [6, 6.07) is 2.04. The Morgan fingerprint density at radius 2 is 2.28 bits per heavy atom. The Morgan fingerprint density at radius 3 is 3.00 bits per heavy atom. The number of aromatic nitrogens is 1. The highest BCUT2D eigenvalue weighted by atomic mass is 35.5. The highest BCUT2D eigenvalue weighted by molar-refractivity contribution is 7.19. The number of nitrogens with zero attached hydrogens (tertiary/aromatic N) is 1. The molecular weight excluding hydrogens is 272 g/mol. The summed E-state index contributed by atoms with van der Waals surface area (Å²) < 4.78 is 11.8. The average Bonchev–Trinajstić information content (AvgIpc) is 2.90. The van der Waals surface area contributed by atoms with E-state index in [4.69, 9.17) is 9.26 Å². The molecule has 0 aromatic carbocycles. The van der Waals surface area contributed by atoms with Gasteiger partial charge in [-0.15, -0.1) is 23.7 Å². The van der Waals surface area contributed by atoms with E-state index in [1.54, 1.807) is 18.4 Å². The normalized spacial score (nSPS) is 16.9. The van der Waals surface area contributed by atoms with Gasteiger partial charge in [-0.2, -0.15) is 0 Å². The van der Waals surface area contributed by atoms with Crippen molar-refractivity contribution in [2.45, 2.75) is 25.4 Å². The Labute approximate surface area is 116 Å². The molecular formula is C12H17ClN2O2S. The molecule has 1 fully saturated rings. The largest absolute Gasteiger partial charge is 0.379 e. The number of hydrogen-bond acceptors (Lipinski definition) is 5. The van der Waals surface area contributed by atoms with Crippen LogP contribution in [0.5, 0.6) is 0 Å². The number of hydrogen-bond donors (Lipinski definition) is 1. The van der Waals surface area contributed by atoms with Crippen molar-refractivity contribution in [1.82, 2.24) is 10.5 Å². The van der Waals surface area contributed by atoms with Crippen molar-refractivity contribution in [2.24, 2.45) is 0 Å². The van der Waals surface area contributed by atoms with E-state index < -0.39 is 0 Å². The van der Waals surface area contributed by atoms with Gasteiger partial charge in [0.05, 0.1) is 11.3 Å². The van der Waals surface area contributed by atoms with Gasteiger partial charge >= 0.3 is 0 Å². The maximum absolute atomic E-state index is 5.41. The number of nitrogens with one attached hydrogen (secondary N) is 1. The molecule has 1 saturated heterocycles. The van der Waals surface area contributed by atoms with Crippen molar-refractivity contribution in [1.29, 1.82) is 0 Å². The molecule has 2 aromatic rings. The van der Waals surface area contributed by atoms with Crippen molar-refractivity contribution in [3.63, 3.8) is 0 Å². The fourth-order valence-electron chi connectivity index (χ4n) is 2.38.